The number of hydrogen-bond donors (Lipinski definition) is 3. The molecule has 5 nitrogen and oxygen atoms in total. The number of carbonyl (C=O) groups excluding carboxylic acids is 1. The number of nitrogens with one attached hydrogen (secondary N) is 1. The molecule has 0 saturated carbocycles. The van der Waals surface area contributed by atoms with Gasteiger partial charge in [-0.25, -0.2) is 0 Å². The summed E-state index contributed by atoms with van der Waals surface area (Å²) in [6.07, 6.45) is -0.564. The Morgan fingerprint density at radius 3 is 2.78 bits per heavy atom. The van der Waals surface area contributed by atoms with Crippen molar-refractivity contribution >= 4 is 5.91 Å². The summed E-state index contributed by atoms with van der Waals surface area (Å²) in [6.45, 7) is 2.92. The molecule has 0 aliphatic carbocycles. The molecule has 0 bridgehead atoms. The van der Waals surface area contributed by atoms with Gasteiger partial charge in [-0.3, -0.25) is 4.79 Å². The molecule has 98 valence electrons. The Morgan fingerprint density at radius 2 is 2.17 bits per heavy atom. The number of nitrogens with zero attached hydrogens (tertiary/aromatic N) is 1. The van der Waals surface area contributed by atoms with Gasteiger partial charge in [-0.2, -0.15) is 0 Å². The van der Waals surface area contributed by atoms with Gasteiger partial charge in [0.15, 0.2) is 0 Å². The van der Waals surface area contributed by atoms with Crippen LogP contribution in [0.3, 0.4) is 0 Å². The summed E-state index contributed by atoms with van der Waals surface area (Å²) in [5.74, 6) is -0.304. The molecule has 0 radical (unpaired) electrons. The summed E-state index contributed by atoms with van der Waals surface area (Å²) < 4.78 is 0. The van der Waals surface area contributed by atoms with Crippen LogP contribution in [0.4, 0.5) is 0 Å². The number of aliphatic hydroxyl groups is 1. The Morgan fingerprint density at radius 1 is 1.44 bits per heavy atom. The first-order chi connectivity index (χ1) is 8.50. The second-order valence-corrected chi connectivity index (χ2v) is 4.73. The Kier molecular flexibility index (Phi) is 3.54. The predicted octanol–water partition coefficient (Wildman–Crippen LogP) is 0.105. The Bertz CT molecular complexity index is 462. The van der Waals surface area contributed by atoms with E-state index in [0.29, 0.717) is 13.1 Å². The molecule has 1 aromatic rings. The number of rotatable bonds is 2. The normalized spacial score (nSPS) is 23.1. The molecule has 18 heavy (non-hydrogen) atoms. The van der Waals surface area contributed by atoms with Crippen LogP contribution in [0.5, 0.6) is 5.75 Å². The number of likely N-dealkylation sites (N-methyl/N-ethyl adjacent to an activating group) is 1. The number of phenols is 1. The minimum absolute atomic E-state index is 0.0297. The first-order valence-corrected chi connectivity index (χ1v) is 5.96. The lowest BCUT2D eigenvalue weighted by atomic mass is 10.1. The number of aliphatic hydroxyl groups excluding tert-OH is 1. The highest BCUT2D eigenvalue weighted by atomic mass is 16.3. The lowest BCUT2D eigenvalue weighted by Crippen LogP contribution is -2.44. The fourth-order valence-electron chi connectivity index (χ4n) is 2.21. The van der Waals surface area contributed by atoms with Crippen LogP contribution in [0.2, 0.25) is 0 Å². The number of phenolic OH excluding ortho intramolecular Hbond substituents is 1. The van der Waals surface area contributed by atoms with Crippen LogP contribution in [0, 0.1) is 6.92 Å². The van der Waals surface area contributed by atoms with Crippen molar-refractivity contribution in [3.63, 3.8) is 0 Å². The van der Waals surface area contributed by atoms with E-state index in [2.05, 4.69) is 5.32 Å². The summed E-state index contributed by atoms with van der Waals surface area (Å²) in [5.41, 5.74) is 1.19. The molecule has 0 spiro atoms. The predicted molar refractivity (Wildman–Crippen MR) is 67.6 cm³/mol. The zero-order valence-electron chi connectivity index (χ0n) is 10.6. The molecule has 1 aliphatic heterocycles. The zero-order chi connectivity index (χ0) is 13.3. The zero-order valence-corrected chi connectivity index (χ0v) is 10.6. The van der Waals surface area contributed by atoms with E-state index in [-0.39, 0.29) is 23.3 Å². The Hall–Kier alpha value is -1.59. The molecule has 5 heteroatoms. The average molecular weight is 250 g/mol. The van der Waals surface area contributed by atoms with Crippen LogP contribution in [0.25, 0.3) is 0 Å². The fourth-order valence-corrected chi connectivity index (χ4v) is 2.21. The summed E-state index contributed by atoms with van der Waals surface area (Å²) in [4.78, 5) is 13.8. The van der Waals surface area contributed by atoms with Gasteiger partial charge in [0.1, 0.15) is 5.75 Å². The largest absolute Gasteiger partial charge is 0.507 e. The number of amides is 1. The van der Waals surface area contributed by atoms with E-state index in [1.165, 1.54) is 11.0 Å². The highest BCUT2D eigenvalue weighted by Crippen LogP contribution is 2.21. The minimum atomic E-state index is -0.564. The maximum Gasteiger partial charge on any atom is 0.257 e. The third kappa shape index (κ3) is 2.32. The second kappa shape index (κ2) is 4.96. The van der Waals surface area contributed by atoms with Gasteiger partial charge in [-0.1, -0.05) is 11.6 Å². The van der Waals surface area contributed by atoms with Gasteiger partial charge in [0.05, 0.1) is 17.7 Å². The van der Waals surface area contributed by atoms with E-state index in [4.69, 9.17) is 0 Å². The summed E-state index contributed by atoms with van der Waals surface area (Å²) in [6, 6.07) is 4.67. The molecule has 1 amide bonds. The van der Waals surface area contributed by atoms with Crippen molar-refractivity contribution in [1.82, 2.24) is 10.2 Å². The second-order valence-electron chi connectivity index (χ2n) is 4.73. The maximum atomic E-state index is 12.3. The van der Waals surface area contributed by atoms with E-state index in [0.717, 1.165) is 5.56 Å². The summed E-state index contributed by atoms with van der Waals surface area (Å²) in [5, 5.41) is 22.5. The lowest BCUT2D eigenvalue weighted by molar-refractivity contribution is 0.0578. The van der Waals surface area contributed by atoms with Gasteiger partial charge in [-0.05, 0) is 19.1 Å². The van der Waals surface area contributed by atoms with Gasteiger partial charge in [0.2, 0.25) is 0 Å². The van der Waals surface area contributed by atoms with Gasteiger partial charge in [-0.15, -0.1) is 0 Å². The monoisotopic (exact) mass is 250 g/mol. The maximum absolute atomic E-state index is 12.3. The van der Waals surface area contributed by atoms with Crippen molar-refractivity contribution in [3.8, 4) is 5.75 Å². The molecule has 1 saturated heterocycles. The average Bonchev–Trinajstić information content (AvgIpc) is 2.77. The summed E-state index contributed by atoms with van der Waals surface area (Å²) >= 11 is 0. The SMILES string of the molecule is Cc1ccc(O)c(C(=O)N(C)[C@H]2CNC[C@@H]2O)c1. The topological polar surface area (TPSA) is 72.8 Å². The third-order valence-corrected chi connectivity index (χ3v) is 3.35. The van der Waals surface area contributed by atoms with Crippen molar-refractivity contribution in [3.05, 3.63) is 29.3 Å². The molecule has 1 aromatic carbocycles. The van der Waals surface area contributed by atoms with Crippen LogP contribution < -0.4 is 5.32 Å². The van der Waals surface area contributed by atoms with Crippen LogP contribution in [-0.2, 0) is 0 Å². The first kappa shape index (κ1) is 12.9. The molecule has 1 aliphatic rings. The van der Waals surface area contributed by atoms with E-state index in [1.807, 2.05) is 6.92 Å². The first-order valence-electron chi connectivity index (χ1n) is 5.96. The van der Waals surface area contributed by atoms with Crippen molar-refractivity contribution in [2.24, 2.45) is 0 Å². The smallest absolute Gasteiger partial charge is 0.257 e. The van der Waals surface area contributed by atoms with E-state index < -0.39 is 6.10 Å². The number of hydrogen-bond acceptors (Lipinski definition) is 4. The third-order valence-electron chi connectivity index (χ3n) is 3.35. The number of β-amino-alcohol motifs (C(OH)–C–C–N with tert-alkyl or cyclic N) is 1. The van der Waals surface area contributed by atoms with E-state index >= 15 is 0 Å². The van der Waals surface area contributed by atoms with Gasteiger partial charge < -0.3 is 20.4 Å². The fraction of sp³-hybridized carbons (Fsp3) is 0.462. The van der Waals surface area contributed by atoms with Crippen LogP contribution in [0.15, 0.2) is 18.2 Å². The van der Waals surface area contributed by atoms with Crippen molar-refractivity contribution < 1.29 is 15.0 Å². The quantitative estimate of drug-likeness (QED) is 0.696. The van der Waals surface area contributed by atoms with Gasteiger partial charge in [0, 0.05) is 20.1 Å². The minimum Gasteiger partial charge on any atom is -0.507 e. The molecule has 2 rings (SSSR count). The molecule has 1 fully saturated rings. The number of aryl methyl sites for hydroxylation is 1. The van der Waals surface area contributed by atoms with Crippen LogP contribution in [0.1, 0.15) is 15.9 Å². The van der Waals surface area contributed by atoms with Crippen LogP contribution >= 0.6 is 0 Å². The molecular weight excluding hydrogens is 232 g/mol. The summed E-state index contributed by atoms with van der Waals surface area (Å²) in [7, 11) is 1.64. The Labute approximate surface area is 106 Å². The van der Waals surface area contributed by atoms with Crippen molar-refractivity contribution in [1.29, 1.82) is 0 Å². The molecule has 2 atom stereocenters. The number of aromatic hydroxyl groups is 1. The molecular formula is C13H18N2O3. The highest BCUT2D eigenvalue weighted by Gasteiger charge is 2.32. The lowest BCUT2D eigenvalue weighted by Gasteiger charge is -2.26. The highest BCUT2D eigenvalue weighted by molar-refractivity contribution is 5.97. The number of benzene rings is 1. The van der Waals surface area contributed by atoms with Crippen molar-refractivity contribution in [2.75, 3.05) is 20.1 Å². The molecule has 1 heterocycles. The van der Waals surface area contributed by atoms with E-state index in [9.17, 15) is 15.0 Å². The molecule has 3 N–H and O–H groups in total. The van der Waals surface area contributed by atoms with Gasteiger partial charge >= 0.3 is 0 Å². The van der Waals surface area contributed by atoms with Crippen molar-refractivity contribution in [2.45, 2.75) is 19.1 Å². The van der Waals surface area contributed by atoms with E-state index in [1.54, 1.807) is 19.2 Å². The van der Waals surface area contributed by atoms with Gasteiger partial charge in [0.25, 0.3) is 5.91 Å². The Balaban J connectivity index is 2.22. The van der Waals surface area contributed by atoms with Crippen LogP contribution in [-0.4, -0.2) is 53.3 Å². The standard InChI is InChI=1S/C13H18N2O3/c1-8-3-4-11(16)9(5-8)13(18)15(2)10-6-14-7-12(10)17/h3-5,10,12,14,16-17H,6-7H2,1-2H3/t10-,12-/m0/s1. The molecule has 0 unspecified atom stereocenters. The number of carbonyl (C=O) groups is 1. The molecule has 0 aromatic heterocycles.